The molecule has 1 amide bonds. The molecule has 1 aromatic heterocycles. The summed E-state index contributed by atoms with van der Waals surface area (Å²) in [5, 5.41) is 10.9. The van der Waals surface area contributed by atoms with Crippen LogP contribution < -0.4 is 4.74 Å². The molecule has 3 rings (SSSR count). The van der Waals surface area contributed by atoms with Crippen molar-refractivity contribution in [2.45, 2.75) is 13.0 Å². The smallest absolute Gasteiger partial charge is 0.295 e. The van der Waals surface area contributed by atoms with Crippen LogP contribution >= 0.6 is 0 Å². The fraction of sp³-hybridized carbons (Fsp3) is 0.333. The van der Waals surface area contributed by atoms with Crippen molar-refractivity contribution in [2.24, 2.45) is 0 Å². The van der Waals surface area contributed by atoms with Gasteiger partial charge in [0.1, 0.15) is 23.3 Å². The molecule has 0 unspecified atom stereocenters. The molecule has 1 aromatic carbocycles. The van der Waals surface area contributed by atoms with Gasteiger partial charge in [0.25, 0.3) is 11.7 Å². The molecule has 1 aliphatic rings. The first-order valence-electron chi connectivity index (χ1n) is 9.13. The molecule has 0 saturated carbocycles. The number of aliphatic hydroxyl groups excluding tert-OH is 1. The molecule has 1 atom stereocenters. The van der Waals surface area contributed by atoms with Crippen LogP contribution in [0.25, 0.3) is 5.76 Å². The number of carbonyl (C=O) groups is 2. The van der Waals surface area contributed by atoms with Crippen molar-refractivity contribution in [3.05, 3.63) is 59.6 Å². The van der Waals surface area contributed by atoms with Crippen LogP contribution in [-0.2, 0) is 9.59 Å². The number of Topliss-reactive ketones (excluding diaryl/α,β-unsaturated/α-hetero) is 1. The van der Waals surface area contributed by atoms with Crippen molar-refractivity contribution in [2.75, 3.05) is 33.8 Å². The van der Waals surface area contributed by atoms with Gasteiger partial charge < -0.3 is 24.1 Å². The molecule has 7 nitrogen and oxygen atoms in total. The monoisotopic (exact) mass is 384 g/mol. The molecule has 0 spiro atoms. The summed E-state index contributed by atoms with van der Waals surface area (Å²) in [5.41, 5.74) is 0.431. The number of nitrogens with zero attached hydrogens (tertiary/aromatic N) is 2. The molecular formula is C21H24N2O5. The average Bonchev–Trinajstić information content (AvgIpc) is 3.28. The lowest BCUT2D eigenvalue weighted by atomic mass is 9.99. The first-order valence-corrected chi connectivity index (χ1v) is 9.13. The SMILES string of the molecule is CCOc1cccc(C(O)=C2C(=O)C(=O)N(CCN(C)C)[C@H]2c2ccco2)c1. The largest absolute Gasteiger partial charge is 0.507 e. The van der Waals surface area contributed by atoms with Gasteiger partial charge in [-0.25, -0.2) is 0 Å². The summed E-state index contributed by atoms with van der Waals surface area (Å²) in [4.78, 5) is 28.8. The van der Waals surface area contributed by atoms with Crippen molar-refractivity contribution < 1.29 is 23.8 Å². The van der Waals surface area contributed by atoms with E-state index in [1.54, 1.807) is 36.4 Å². The van der Waals surface area contributed by atoms with Crippen LogP contribution in [-0.4, -0.2) is 60.4 Å². The third-order valence-corrected chi connectivity index (χ3v) is 4.56. The predicted molar refractivity (Wildman–Crippen MR) is 104 cm³/mol. The van der Waals surface area contributed by atoms with Gasteiger partial charge in [-0.05, 0) is 45.3 Å². The van der Waals surface area contributed by atoms with E-state index in [-0.39, 0.29) is 11.3 Å². The van der Waals surface area contributed by atoms with Crippen LogP contribution in [0.2, 0.25) is 0 Å². The van der Waals surface area contributed by atoms with Crippen LogP contribution in [0, 0.1) is 0 Å². The van der Waals surface area contributed by atoms with E-state index in [0.29, 0.717) is 36.8 Å². The molecule has 1 saturated heterocycles. The molecule has 2 aromatic rings. The number of hydrogen-bond donors (Lipinski definition) is 1. The van der Waals surface area contributed by atoms with Gasteiger partial charge in [0, 0.05) is 18.7 Å². The Morgan fingerprint density at radius 3 is 2.68 bits per heavy atom. The molecular weight excluding hydrogens is 360 g/mol. The lowest BCUT2D eigenvalue weighted by Crippen LogP contribution is -2.35. The number of hydrogen-bond acceptors (Lipinski definition) is 6. The second-order valence-electron chi connectivity index (χ2n) is 6.77. The first-order chi connectivity index (χ1) is 13.4. The van der Waals surface area contributed by atoms with Gasteiger partial charge in [-0.2, -0.15) is 0 Å². The molecule has 148 valence electrons. The van der Waals surface area contributed by atoms with Crippen LogP contribution in [0.15, 0.2) is 52.7 Å². The highest BCUT2D eigenvalue weighted by atomic mass is 16.5. The molecule has 2 heterocycles. The number of likely N-dealkylation sites (tertiary alicyclic amines) is 1. The summed E-state index contributed by atoms with van der Waals surface area (Å²) in [5.74, 6) is -0.609. The minimum atomic E-state index is -0.773. The van der Waals surface area contributed by atoms with E-state index in [4.69, 9.17) is 9.15 Å². The van der Waals surface area contributed by atoms with Crippen LogP contribution in [0.5, 0.6) is 5.75 Å². The molecule has 0 radical (unpaired) electrons. The summed E-state index contributed by atoms with van der Waals surface area (Å²) in [6.07, 6.45) is 1.48. The Bertz CT molecular complexity index is 886. The van der Waals surface area contributed by atoms with Crippen molar-refractivity contribution in [1.82, 2.24) is 9.80 Å². The number of ketones is 1. The number of rotatable bonds is 7. The number of furan rings is 1. The van der Waals surface area contributed by atoms with Gasteiger partial charge in [0.05, 0.1) is 18.4 Å². The quantitative estimate of drug-likeness (QED) is 0.449. The second kappa shape index (κ2) is 8.31. The van der Waals surface area contributed by atoms with Gasteiger partial charge in [0.15, 0.2) is 0 Å². The Balaban J connectivity index is 2.08. The van der Waals surface area contributed by atoms with Crippen molar-refractivity contribution in [3.8, 4) is 5.75 Å². The summed E-state index contributed by atoms with van der Waals surface area (Å²) >= 11 is 0. The minimum absolute atomic E-state index is 0.0207. The Morgan fingerprint density at radius 1 is 1.25 bits per heavy atom. The maximum absolute atomic E-state index is 12.8. The van der Waals surface area contributed by atoms with E-state index in [9.17, 15) is 14.7 Å². The van der Waals surface area contributed by atoms with Crippen molar-refractivity contribution in [3.63, 3.8) is 0 Å². The lowest BCUT2D eigenvalue weighted by molar-refractivity contribution is -0.140. The Morgan fingerprint density at radius 2 is 2.04 bits per heavy atom. The number of benzene rings is 1. The third-order valence-electron chi connectivity index (χ3n) is 4.56. The fourth-order valence-electron chi connectivity index (χ4n) is 3.22. The van der Waals surface area contributed by atoms with E-state index < -0.39 is 17.7 Å². The number of aliphatic hydroxyl groups is 1. The topological polar surface area (TPSA) is 83.2 Å². The average molecular weight is 384 g/mol. The van der Waals surface area contributed by atoms with Gasteiger partial charge in [-0.1, -0.05) is 12.1 Å². The predicted octanol–water partition coefficient (Wildman–Crippen LogP) is 2.66. The zero-order chi connectivity index (χ0) is 20.3. The standard InChI is InChI=1S/C21H24N2O5/c1-4-27-15-8-5-7-14(13-15)19(24)17-18(16-9-6-12-28-16)23(11-10-22(2)3)21(26)20(17)25/h5-9,12-13,18,24H,4,10-11H2,1-3H3/t18-/m0/s1. The van der Waals surface area contributed by atoms with E-state index in [1.807, 2.05) is 25.9 Å². The second-order valence-corrected chi connectivity index (χ2v) is 6.77. The number of likely N-dealkylation sites (N-methyl/N-ethyl adjacent to an activating group) is 1. The van der Waals surface area contributed by atoms with E-state index >= 15 is 0 Å². The lowest BCUT2D eigenvalue weighted by Gasteiger charge is -2.24. The van der Waals surface area contributed by atoms with Crippen LogP contribution in [0.1, 0.15) is 24.3 Å². The highest BCUT2D eigenvalue weighted by Crippen LogP contribution is 2.39. The van der Waals surface area contributed by atoms with Gasteiger partial charge in [-0.3, -0.25) is 9.59 Å². The Kier molecular flexibility index (Phi) is 5.84. The molecule has 0 bridgehead atoms. The summed E-state index contributed by atoms with van der Waals surface area (Å²) < 4.78 is 11.0. The zero-order valence-electron chi connectivity index (χ0n) is 16.2. The molecule has 28 heavy (non-hydrogen) atoms. The summed E-state index contributed by atoms with van der Waals surface area (Å²) in [6, 6.07) is 9.42. The van der Waals surface area contributed by atoms with Crippen molar-refractivity contribution >= 4 is 17.4 Å². The van der Waals surface area contributed by atoms with Gasteiger partial charge >= 0.3 is 0 Å². The number of amides is 1. The van der Waals surface area contributed by atoms with E-state index in [0.717, 1.165) is 0 Å². The summed E-state index contributed by atoms with van der Waals surface area (Å²) in [6.45, 7) is 3.24. The maximum Gasteiger partial charge on any atom is 0.295 e. The minimum Gasteiger partial charge on any atom is -0.507 e. The normalized spacial score (nSPS) is 18.9. The molecule has 7 heteroatoms. The molecule has 1 aliphatic heterocycles. The molecule has 1 fully saturated rings. The van der Waals surface area contributed by atoms with Gasteiger partial charge in [0.2, 0.25) is 0 Å². The highest BCUT2D eigenvalue weighted by Gasteiger charge is 2.47. The number of ether oxygens (including phenoxy) is 1. The van der Waals surface area contributed by atoms with Gasteiger partial charge in [-0.15, -0.1) is 0 Å². The molecule has 1 N–H and O–H groups in total. The number of carbonyl (C=O) groups excluding carboxylic acids is 2. The zero-order valence-corrected chi connectivity index (χ0v) is 16.2. The van der Waals surface area contributed by atoms with E-state index in [1.165, 1.54) is 11.2 Å². The van der Waals surface area contributed by atoms with Crippen LogP contribution in [0.3, 0.4) is 0 Å². The third kappa shape index (κ3) is 3.80. The summed E-state index contributed by atoms with van der Waals surface area (Å²) in [7, 11) is 3.77. The van der Waals surface area contributed by atoms with E-state index in [2.05, 4.69) is 0 Å². The Labute approximate surface area is 163 Å². The van der Waals surface area contributed by atoms with Crippen molar-refractivity contribution in [1.29, 1.82) is 0 Å². The fourth-order valence-corrected chi connectivity index (χ4v) is 3.22. The van der Waals surface area contributed by atoms with Crippen LogP contribution in [0.4, 0.5) is 0 Å². The molecule has 0 aliphatic carbocycles. The maximum atomic E-state index is 12.8. The first kappa shape index (κ1) is 19.7. The Hall–Kier alpha value is -3.06. The highest BCUT2D eigenvalue weighted by molar-refractivity contribution is 6.46.